The maximum Gasteiger partial charge on any atom is 0.397 e. The van der Waals surface area contributed by atoms with Gasteiger partial charge in [0, 0.05) is 12.8 Å². The molecule has 0 aliphatic heterocycles. The highest BCUT2D eigenvalue weighted by Crippen LogP contribution is 2.01. The van der Waals surface area contributed by atoms with E-state index in [-0.39, 0.29) is 0 Å². The van der Waals surface area contributed by atoms with Crippen LogP contribution in [0, 0.1) is 59.7 Å². The van der Waals surface area contributed by atoms with Crippen molar-refractivity contribution >= 4 is 10.4 Å². The number of allylic oxidation sites excluding steroid dienone is 4. The molecule has 0 spiro atoms. The molecule has 0 aromatic carbocycles. The molecule has 1 unspecified atom stereocenters. The number of aliphatic hydroxyl groups excluding tert-OH is 1. The molecule has 0 saturated carbocycles. The van der Waals surface area contributed by atoms with E-state index < -0.39 is 23.1 Å². The summed E-state index contributed by atoms with van der Waals surface area (Å²) in [6.07, 6.45) is 17.5. The van der Waals surface area contributed by atoms with E-state index in [9.17, 15) is 13.5 Å². The normalized spacial score (nSPS) is 11.1. The van der Waals surface area contributed by atoms with Crippen LogP contribution in [-0.4, -0.2) is 30.8 Å². The van der Waals surface area contributed by atoms with E-state index >= 15 is 0 Å². The van der Waals surface area contributed by atoms with E-state index in [0.717, 1.165) is 32.1 Å². The minimum absolute atomic E-state index is 0.588. The van der Waals surface area contributed by atoms with Gasteiger partial charge in [-0.05, 0) is 67.9 Å². The van der Waals surface area contributed by atoms with Crippen molar-refractivity contribution in [2.45, 2.75) is 51.0 Å². The summed E-state index contributed by atoms with van der Waals surface area (Å²) < 4.78 is 32.9. The molecule has 0 heterocycles. The number of hydrogen-bond donors (Lipinski definition) is 2. The largest absolute Gasteiger partial charge is 0.397 e. The summed E-state index contributed by atoms with van der Waals surface area (Å²) in [5.41, 5.74) is 0. The highest BCUT2D eigenvalue weighted by Gasteiger charge is 2.07. The van der Waals surface area contributed by atoms with Crippen molar-refractivity contribution < 1.29 is 22.3 Å². The summed E-state index contributed by atoms with van der Waals surface area (Å²) in [5, 5.41) is 9.27. The average molecular weight is 413 g/mol. The van der Waals surface area contributed by atoms with Gasteiger partial charge in [-0.2, -0.15) is 8.42 Å². The summed E-state index contributed by atoms with van der Waals surface area (Å²) >= 11 is 0. The van der Waals surface area contributed by atoms with Gasteiger partial charge < -0.3 is 5.11 Å². The van der Waals surface area contributed by atoms with Crippen LogP contribution in [0.1, 0.15) is 44.9 Å². The second-order valence-corrected chi connectivity index (χ2v) is 6.57. The van der Waals surface area contributed by atoms with Crippen molar-refractivity contribution in [1.29, 1.82) is 0 Å². The fourth-order valence-electron chi connectivity index (χ4n) is 1.69. The van der Waals surface area contributed by atoms with Crippen LogP contribution in [0.3, 0.4) is 0 Å². The standard InChI is InChI=1S/C23H24O5S/c1-2-3-4-5-6-7-8-9-10-11-12-13-14-15-16-17-18-19-20-21-23(24)22-28-29(25,26)27/h1,3-4,9-10,23-24H,5-8,15-17,22H2,(H,25,26,27)/b4-3-,10-9-. The van der Waals surface area contributed by atoms with Gasteiger partial charge in [-0.15, -0.1) is 6.42 Å². The Hall–Kier alpha value is -2.89. The Labute approximate surface area is 174 Å². The quantitative estimate of drug-likeness (QED) is 0.327. The number of unbranched alkanes of at least 4 members (excludes halogenated alkanes) is 5. The molecule has 0 aliphatic carbocycles. The first-order valence-corrected chi connectivity index (χ1v) is 10.3. The van der Waals surface area contributed by atoms with Gasteiger partial charge in [0.05, 0.1) is 0 Å². The fraction of sp³-hybridized carbons (Fsp3) is 0.391. The Morgan fingerprint density at radius 2 is 1.55 bits per heavy atom. The van der Waals surface area contributed by atoms with Crippen LogP contribution in [0.4, 0.5) is 0 Å². The van der Waals surface area contributed by atoms with Crippen molar-refractivity contribution in [2.75, 3.05) is 6.61 Å². The van der Waals surface area contributed by atoms with E-state index in [1.165, 1.54) is 0 Å². The topological polar surface area (TPSA) is 83.8 Å². The number of terminal acetylenes is 1. The third-order valence-corrected chi connectivity index (χ3v) is 3.43. The molecule has 0 aliphatic rings. The van der Waals surface area contributed by atoms with Crippen molar-refractivity contribution in [3.63, 3.8) is 0 Å². The zero-order chi connectivity index (χ0) is 21.6. The third-order valence-electron chi connectivity index (χ3n) is 3.00. The lowest BCUT2D eigenvalue weighted by atomic mass is 10.2. The van der Waals surface area contributed by atoms with Crippen LogP contribution in [0.2, 0.25) is 0 Å². The summed E-state index contributed by atoms with van der Waals surface area (Å²) in [6.45, 7) is -0.649. The van der Waals surface area contributed by atoms with E-state index in [1.807, 2.05) is 18.2 Å². The zero-order valence-electron chi connectivity index (χ0n) is 16.1. The van der Waals surface area contributed by atoms with Crippen LogP contribution >= 0.6 is 0 Å². The molecule has 1 atom stereocenters. The van der Waals surface area contributed by atoms with Gasteiger partial charge in [-0.1, -0.05) is 41.8 Å². The molecule has 0 fully saturated rings. The molecule has 6 heteroatoms. The van der Waals surface area contributed by atoms with E-state index in [4.69, 9.17) is 11.0 Å². The Kier molecular flexibility index (Phi) is 16.6. The summed E-state index contributed by atoms with van der Waals surface area (Å²) in [5.74, 6) is 23.8. The maximum atomic E-state index is 10.3. The number of rotatable bonds is 10. The van der Waals surface area contributed by atoms with Crippen molar-refractivity contribution in [3.8, 4) is 59.7 Å². The minimum atomic E-state index is -4.58. The maximum absolute atomic E-state index is 10.3. The van der Waals surface area contributed by atoms with E-state index in [1.54, 1.807) is 6.08 Å². The number of hydrogen-bond acceptors (Lipinski definition) is 4. The SMILES string of the molecule is C#C/C=C\CCCC/C=C\C#CC#CCCCC#CC#CC(O)COS(=O)(=O)O. The molecule has 29 heavy (non-hydrogen) atoms. The third kappa shape index (κ3) is 23.1. The van der Waals surface area contributed by atoms with Crippen LogP contribution in [0.15, 0.2) is 24.3 Å². The average Bonchev–Trinajstić information content (AvgIpc) is 2.67. The minimum Gasteiger partial charge on any atom is -0.378 e. The predicted molar refractivity (Wildman–Crippen MR) is 114 cm³/mol. The molecule has 2 N–H and O–H groups in total. The van der Waals surface area contributed by atoms with Crippen LogP contribution in [0.25, 0.3) is 0 Å². The van der Waals surface area contributed by atoms with Gasteiger partial charge in [0.15, 0.2) is 0 Å². The Morgan fingerprint density at radius 1 is 0.931 bits per heavy atom. The molecule has 0 rings (SSSR count). The lowest BCUT2D eigenvalue weighted by Crippen LogP contribution is -2.16. The Balaban J connectivity index is 3.82. The second-order valence-electron chi connectivity index (χ2n) is 5.48. The van der Waals surface area contributed by atoms with Gasteiger partial charge in [0.2, 0.25) is 0 Å². The van der Waals surface area contributed by atoms with Gasteiger partial charge in [-0.3, -0.25) is 4.55 Å². The van der Waals surface area contributed by atoms with Crippen LogP contribution in [-0.2, 0) is 14.6 Å². The molecule has 0 aromatic rings. The fourth-order valence-corrected chi connectivity index (χ4v) is 1.99. The second kappa shape index (κ2) is 18.5. The first-order valence-electron chi connectivity index (χ1n) is 8.98. The monoisotopic (exact) mass is 412 g/mol. The van der Waals surface area contributed by atoms with Gasteiger partial charge in [0.1, 0.15) is 12.7 Å². The predicted octanol–water partition coefficient (Wildman–Crippen LogP) is 2.66. The van der Waals surface area contributed by atoms with Crippen LogP contribution < -0.4 is 0 Å². The number of aliphatic hydroxyl groups is 1. The summed E-state index contributed by atoms with van der Waals surface area (Å²) in [4.78, 5) is 0. The molecule has 0 saturated heterocycles. The van der Waals surface area contributed by atoms with Crippen LogP contribution in [0.5, 0.6) is 0 Å². The molecule has 152 valence electrons. The van der Waals surface area contributed by atoms with Crippen molar-refractivity contribution in [1.82, 2.24) is 0 Å². The van der Waals surface area contributed by atoms with Crippen molar-refractivity contribution in [3.05, 3.63) is 24.3 Å². The molecule has 0 radical (unpaired) electrons. The zero-order valence-corrected chi connectivity index (χ0v) is 17.0. The van der Waals surface area contributed by atoms with Gasteiger partial charge >= 0.3 is 10.4 Å². The van der Waals surface area contributed by atoms with Crippen molar-refractivity contribution in [2.24, 2.45) is 0 Å². The lowest BCUT2D eigenvalue weighted by Gasteiger charge is -2.00. The van der Waals surface area contributed by atoms with E-state index in [0.29, 0.717) is 12.8 Å². The molecule has 5 nitrogen and oxygen atoms in total. The lowest BCUT2D eigenvalue weighted by molar-refractivity contribution is 0.144. The van der Waals surface area contributed by atoms with Gasteiger partial charge in [0.25, 0.3) is 0 Å². The highest BCUT2D eigenvalue weighted by atomic mass is 32.3. The Morgan fingerprint density at radius 3 is 2.17 bits per heavy atom. The highest BCUT2D eigenvalue weighted by molar-refractivity contribution is 7.80. The molecule has 0 bridgehead atoms. The first-order chi connectivity index (χ1) is 14.0. The smallest absolute Gasteiger partial charge is 0.378 e. The van der Waals surface area contributed by atoms with E-state index in [2.05, 4.69) is 57.5 Å². The molecule has 0 amide bonds. The Bertz CT molecular complexity index is 921. The molecule has 0 aromatic heterocycles. The molecular formula is C23H24O5S. The molecular weight excluding hydrogens is 388 g/mol. The first kappa shape index (κ1) is 26.1. The van der Waals surface area contributed by atoms with Gasteiger partial charge in [-0.25, -0.2) is 4.18 Å². The summed E-state index contributed by atoms with van der Waals surface area (Å²) in [6, 6.07) is 0. The summed E-state index contributed by atoms with van der Waals surface area (Å²) in [7, 11) is -4.58.